The van der Waals surface area contributed by atoms with Gasteiger partial charge in [0.05, 0.1) is 12.2 Å². The molecule has 1 saturated heterocycles. The molecule has 2 aliphatic heterocycles. The fourth-order valence-corrected chi connectivity index (χ4v) is 4.08. The van der Waals surface area contributed by atoms with Gasteiger partial charge in [-0.3, -0.25) is 9.59 Å². The molecule has 1 atom stereocenters. The maximum absolute atomic E-state index is 14.2. The van der Waals surface area contributed by atoms with Crippen LogP contribution in [0.4, 0.5) is 8.78 Å². The Morgan fingerprint density at radius 2 is 1.93 bits per heavy atom. The Kier molecular flexibility index (Phi) is 4.44. The number of aromatic nitrogens is 1. The SMILES string of the molecule is Cc1noc(C)c1C(=O)N1CC(F)(F)C[C@H]1C(=O)N1CCc2ccccc2C1. The van der Waals surface area contributed by atoms with Gasteiger partial charge >= 0.3 is 0 Å². The van der Waals surface area contributed by atoms with E-state index in [1.807, 2.05) is 24.3 Å². The molecule has 0 aliphatic carbocycles. The summed E-state index contributed by atoms with van der Waals surface area (Å²) in [6.07, 6.45) is 0.00192. The predicted octanol–water partition coefficient (Wildman–Crippen LogP) is 2.73. The quantitative estimate of drug-likeness (QED) is 0.792. The van der Waals surface area contributed by atoms with Crippen molar-refractivity contribution in [3.8, 4) is 0 Å². The number of hydrogen-bond acceptors (Lipinski definition) is 4. The molecule has 0 spiro atoms. The molecule has 1 fully saturated rings. The number of carbonyl (C=O) groups excluding carboxylic acids is 2. The second-order valence-corrected chi connectivity index (χ2v) is 7.49. The van der Waals surface area contributed by atoms with E-state index in [0.29, 0.717) is 25.2 Å². The molecule has 0 radical (unpaired) electrons. The molecule has 148 valence electrons. The number of benzene rings is 1. The maximum atomic E-state index is 14.2. The number of fused-ring (bicyclic) bond motifs is 1. The first-order chi connectivity index (χ1) is 13.3. The van der Waals surface area contributed by atoms with Crippen LogP contribution in [0.1, 0.15) is 39.4 Å². The molecule has 0 N–H and O–H groups in total. The van der Waals surface area contributed by atoms with Gasteiger partial charge in [-0.2, -0.15) is 0 Å². The van der Waals surface area contributed by atoms with Crippen molar-refractivity contribution in [3.05, 3.63) is 52.4 Å². The van der Waals surface area contributed by atoms with Gasteiger partial charge in [0.1, 0.15) is 17.4 Å². The van der Waals surface area contributed by atoms with Crippen LogP contribution in [0.15, 0.2) is 28.8 Å². The zero-order valence-electron chi connectivity index (χ0n) is 15.7. The average molecular weight is 389 g/mol. The van der Waals surface area contributed by atoms with E-state index in [1.165, 1.54) is 0 Å². The third-order valence-electron chi connectivity index (χ3n) is 5.51. The standard InChI is InChI=1S/C20H21F2N3O3/c1-12-17(13(2)28-23-12)19(27)25-11-20(21,22)9-16(25)18(26)24-8-7-14-5-3-4-6-15(14)10-24/h3-6,16H,7-11H2,1-2H3/t16-/m0/s1. The van der Waals surface area contributed by atoms with Crippen molar-refractivity contribution in [3.63, 3.8) is 0 Å². The molecular formula is C20H21F2N3O3. The first-order valence-corrected chi connectivity index (χ1v) is 9.24. The van der Waals surface area contributed by atoms with E-state index in [0.717, 1.165) is 16.0 Å². The van der Waals surface area contributed by atoms with Gasteiger partial charge in [-0.15, -0.1) is 0 Å². The van der Waals surface area contributed by atoms with Gasteiger partial charge in [0, 0.05) is 19.5 Å². The van der Waals surface area contributed by atoms with E-state index in [4.69, 9.17) is 4.52 Å². The minimum atomic E-state index is -3.11. The third-order valence-corrected chi connectivity index (χ3v) is 5.51. The lowest BCUT2D eigenvalue weighted by Crippen LogP contribution is -2.49. The van der Waals surface area contributed by atoms with Crippen molar-refractivity contribution in [1.29, 1.82) is 0 Å². The topological polar surface area (TPSA) is 66.7 Å². The molecule has 2 amide bonds. The fourth-order valence-electron chi connectivity index (χ4n) is 4.08. The number of likely N-dealkylation sites (tertiary alicyclic amines) is 1. The minimum Gasteiger partial charge on any atom is -0.361 e. The van der Waals surface area contributed by atoms with E-state index in [2.05, 4.69) is 5.16 Å². The van der Waals surface area contributed by atoms with Crippen LogP contribution < -0.4 is 0 Å². The first kappa shape index (κ1) is 18.6. The Balaban J connectivity index is 1.60. The Morgan fingerprint density at radius 3 is 2.61 bits per heavy atom. The van der Waals surface area contributed by atoms with Gasteiger partial charge < -0.3 is 14.3 Å². The summed E-state index contributed by atoms with van der Waals surface area (Å²) >= 11 is 0. The lowest BCUT2D eigenvalue weighted by atomic mass is 9.99. The first-order valence-electron chi connectivity index (χ1n) is 9.24. The molecule has 0 saturated carbocycles. The van der Waals surface area contributed by atoms with Crippen molar-refractivity contribution in [1.82, 2.24) is 15.0 Å². The normalized spacial score (nSPS) is 20.9. The van der Waals surface area contributed by atoms with Gasteiger partial charge in [0.25, 0.3) is 11.8 Å². The molecule has 6 nitrogen and oxygen atoms in total. The van der Waals surface area contributed by atoms with Gasteiger partial charge in [-0.25, -0.2) is 8.78 Å². The van der Waals surface area contributed by atoms with Crippen LogP contribution in [0.5, 0.6) is 0 Å². The summed E-state index contributed by atoms with van der Waals surface area (Å²) in [5.41, 5.74) is 2.65. The number of carbonyl (C=O) groups is 2. The summed E-state index contributed by atoms with van der Waals surface area (Å²) in [6, 6.07) is 6.59. The zero-order valence-corrected chi connectivity index (χ0v) is 15.7. The van der Waals surface area contributed by atoms with E-state index in [1.54, 1.807) is 18.7 Å². The van der Waals surface area contributed by atoms with Gasteiger partial charge in [-0.1, -0.05) is 29.4 Å². The lowest BCUT2D eigenvalue weighted by molar-refractivity contribution is -0.136. The highest BCUT2D eigenvalue weighted by Gasteiger charge is 2.51. The number of aryl methyl sites for hydroxylation is 2. The lowest BCUT2D eigenvalue weighted by Gasteiger charge is -2.33. The van der Waals surface area contributed by atoms with Crippen LogP contribution in [0.2, 0.25) is 0 Å². The van der Waals surface area contributed by atoms with Crippen LogP contribution in [0, 0.1) is 13.8 Å². The summed E-state index contributed by atoms with van der Waals surface area (Å²) in [5, 5.41) is 3.72. The van der Waals surface area contributed by atoms with Crippen molar-refractivity contribution < 1.29 is 22.9 Å². The Bertz CT molecular complexity index is 921. The molecule has 4 rings (SSSR count). The number of rotatable bonds is 2. The Hall–Kier alpha value is -2.77. The number of hydrogen-bond donors (Lipinski definition) is 0. The van der Waals surface area contributed by atoms with E-state index >= 15 is 0 Å². The van der Waals surface area contributed by atoms with Crippen molar-refractivity contribution in [2.45, 2.75) is 45.2 Å². The fraction of sp³-hybridized carbons (Fsp3) is 0.450. The number of alkyl halides is 2. The third kappa shape index (κ3) is 3.16. The summed E-state index contributed by atoms with van der Waals surface area (Å²) in [7, 11) is 0. The number of halogens is 2. The van der Waals surface area contributed by atoms with Gasteiger partial charge in [0.15, 0.2) is 0 Å². The molecular weight excluding hydrogens is 368 g/mol. The van der Waals surface area contributed by atoms with Crippen LogP contribution in [0.3, 0.4) is 0 Å². The van der Waals surface area contributed by atoms with Crippen LogP contribution in [-0.2, 0) is 17.8 Å². The molecule has 2 aliphatic rings. The van der Waals surface area contributed by atoms with Crippen LogP contribution in [-0.4, -0.2) is 51.8 Å². The summed E-state index contributed by atoms with van der Waals surface area (Å²) in [6.45, 7) is 3.17. The maximum Gasteiger partial charge on any atom is 0.267 e. The molecule has 8 heteroatoms. The van der Waals surface area contributed by atoms with Gasteiger partial charge in [-0.05, 0) is 31.4 Å². The van der Waals surface area contributed by atoms with Crippen molar-refractivity contribution >= 4 is 11.8 Å². The number of nitrogens with zero attached hydrogens (tertiary/aromatic N) is 3. The second kappa shape index (κ2) is 6.68. The molecule has 28 heavy (non-hydrogen) atoms. The largest absolute Gasteiger partial charge is 0.361 e. The highest BCUT2D eigenvalue weighted by Crippen LogP contribution is 2.35. The summed E-state index contributed by atoms with van der Waals surface area (Å²) in [4.78, 5) is 28.6. The molecule has 0 unspecified atom stereocenters. The van der Waals surface area contributed by atoms with Crippen molar-refractivity contribution in [2.75, 3.05) is 13.1 Å². The Morgan fingerprint density at radius 1 is 1.21 bits per heavy atom. The van der Waals surface area contributed by atoms with Crippen LogP contribution in [0.25, 0.3) is 0 Å². The molecule has 2 aromatic rings. The van der Waals surface area contributed by atoms with E-state index < -0.39 is 36.7 Å². The zero-order chi connectivity index (χ0) is 20.1. The molecule has 0 bridgehead atoms. The highest BCUT2D eigenvalue weighted by molar-refractivity contribution is 5.99. The predicted molar refractivity (Wildman–Crippen MR) is 95.9 cm³/mol. The molecule has 1 aromatic heterocycles. The smallest absolute Gasteiger partial charge is 0.267 e. The monoisotopic (exact) mass is 389 g/mol. The summed E-state index contributed by atoms with van der Waals surface area (Å²) in [5.74, 6) is -3.92. The summed E-state index contributed by atoms with van der Waals surface area (Å²) < 4.78 is 33.4. The van der Waals surface area contributed by atoms with Crippen LogP contribution >= 0.6 is 0 Å². The van der Waals surface area contributed by atoms with Gasteiger partial charge in [0.2, 0.25) is 5.91 Å². The molecule has 1 aromatic carbocycles. The van der Waals surface area contributed by atoms with E-state index in [-0.39, 0.29) is 11.3 Å². The van der Waals surface area contributed by atoms with Crippen molar-refractivity contribution in [2.24, 2.45) is 0 Å². The minimum absolute atomic E-state index is 0.152. The number of amides is 2. The second-order valence-electron chi connectivity index (χ2n) is 7.49. The Labute approximate surface area is 161 Å². The average Bonchev–Trinajstić information content (AvgIpc) is 3.18. The highest BCUT2D eigenvalue weighted by atomic mass is 19.3. The molecule has 3 heterocycles. The van der Waals surface area contributed by atoms with E-state index in [9.17, 15) is 18.4 Å².